The van der Waals surface area contributed by atoms with E-state index in [1.54, 1.807) is 0 Å². The molecule has 0 fully saturated rings. The quantitative estimate of drug-likeness (QED) is 0.179. The summed E-state index contributed by atoms with van der Waals surface area (Å²) in [4.78, 5) is 10.6. The summed E-state index contributed by atoms with van der Waals surface area (Å²) in [6.07, 6.45) is -0.403. The van der Waals surface area contributed by atoms with E-state index in [9.17, 15) is 0 Å². The van der Waals surface area contributed by atoms with Crippen LogP contribution in [0.15, 0.2) is 186 Å². The lowest BCUT2D eigenvalue weighted by atomic mass is 9.91. The lowest BCUT2D eigenvalue weighted by Gasteiger charge is -2.23. The summed E-state index contributed by atoms with van der Waals surface area (Å²) < 4.78 is 5.04. The molecule has 1 atom stereocenters. The van der Waals surface area contributed by atoms with Crippen molar-refractivity contribution in [3.8, 4) is 11.1 Å². The standard InChI is InChI=1S/C51H31N3S2/c1-2-12-30(13-3-1)49-52-50(54-51(53-49)41-20-11-23-45-48(41)39-18-8-9-21-43(39)55-45)32-25-27-40-46(29-32)56-44-22-10-19-33(47(40)44)31-24-26-38-36-16-5-4-14-34(36)35-15-6-7-17-37(35)42(38)28-31/h1-29,50H,(H,52,53,54). The second-order valence-corrected chi connectivity index (χ2v) is 16.7. The summed E-state index contributed by atoms with van der Waals surface area (Å²) in [6, 6.07) is 63.8. The van der Waals surface area contributed by atoms with Crippen LogP contribution in [0.5, 0.6) is 0 Å². The van der Waals surface area contributed by atoms with E-state index >= 15 is 0 Å². The normalized spacial score (nSPS) is 14.6. The molecule has 12 rings (SSSR count). The van der Waals surface area contributed by atoms with E-state index in [1.807, 2.05) is 28.7 Å². The third-order valence-electron chi connectivity index (χ3n) is 11.3. The number of fused-ring (bicyclic) bond motifs is 12. The Balaban J connectivity index is 1.01. The van der Waals surface area contributed by atoms with E-state index in [-0.39, 0.29) is 0 Å². The summed E-state index contributed by atoms with van der Waals surface area (Å²) in [5.74, 6) is 1.67. The second-order valence-electron chi connectivity index (χ2n) is 14.5. The smallest absolute Gasteiger partial charge is 0.169 e. The van der Waals surface area contributed by atoms with Crippen molar-refractivity contribution in [3.63, 3.8) is 0 Å². The van der Waals surface area contributed by atoms with E-state index in [0.29, 0.717) is 0 Å². The molecular weight excluding hydrogens is 719 g/mol. The van der Waals surface area contributed by atoms with Crippen molar-refractivity contribution < 1.29 is 0 Å². The minimum Gasteiger partial charge on any atom is -0.324 e. The van der Waals surface area contributed by atoms with Gasteiger partial charge in [0.05, 0.1) is 0 Å². The van der Waals surface area contributed by atoms with E-state index in [1.165, 1.54) is 83.8 Å². The molecular formula is C51H31N3S2. The predicted molar refractivity (Wildman–Crippen MR) is 242 cm³/mol. The Morgan fingerprint density at radius 3 is 1.64 bits per heavy atom. The first-order chi connectivity index (χ1) is 27.7. The number of aliphatic imine (C=N–C) groups is 2. The first-order valence-corrected chi connectivity index (χ1v) is 20.6. The minimum atomic E-state index is -0.403. The van der Waals surface area contributed by atoms with Crippen molar-refractivity contribution >= 4 is 107 Å². The Morgan fingerprint density at radius 2 is 0.893 bits per heavy atom. The molecule has 3 heterocycles. The van der Waals surface area contributed by atoms with Crippen LogP contribution in [-0.4, -0.2) is 11.7 Å². The topological polar surface area (TPSA) is 36.8 Å². The Kier molecular flexibility index (Phi) is 7.03. The van der Waals surface area contributed by atoms with Crippen molar-refractivity contribution in [2.75, 3.05) is 0 Å². The average molecular weight is 750 g/mol. The van der Waals surface area contributed by atoms with Gasteiger partial charge in [0, 0.05) is 51.5 Å². The number of amidine groups is 2. The van der Waals surface area contributed by atoms with Crippen molar-refractivity contribution in [3.05, 3.63) is 193 Å². The molecule has 0 saturated heterocycles. The SMILES string of the molecule is c1ccc(C2=NC(c3ccc4c(c3)sc3cccc(-c5ccc6c7ccccc7c7ccccc7c6c5)c34)N=C(c3cccc4sc5ccccc5c34)N2)cc1. The zero-order chi connectivity index (χ0) is 36.7. The van der Waals surface area contributed by atoms with Gasteiger partial charge in [-0.3, -0.25) is 0 Å². The zero-order valence-electron chi connectivity index (χ0n) is 30.0. The Morgan fingerprint density at radius 1 is 0.357 bits per heavy atom. The average Bonchev–Trinajstić information content (AvgIpc) is 3.85. The van der Waals surface area contributed by atoms with Crippen molar-refractivity contribution in [2.24, 2.45) is 9.98 Å². The maximum Gasteiger partial charge on any atom is 0.169 e. The number of rotatable bonds is 4. The monoisotopic (exact) mass is 749 g/mol. The summed E-state index contributed by atoms with van der Waals surface area (Å²) in [7, 11) is 0. The summed E-state index contributed by atoms with van der Waals surface area (Å²) in [5, 5.41) is 16.4. The molecule has 1 aliphatic rings. The van der Waals surface area contributed by atoms with Crippen LogP contribution in [0, 0.1) is 0 Å². The Labute approximate surface area is 330 Å². The molecule has 56 heavy (non-hydrogen) atoms. The van der Waals surface area contributed by atoms with Gasteiger partial charge in [0.1, 0.15) is 11.7 Å². The lowest BCUT2D eigenvalue weighted by Crippen LogP contribution is -2.36. The van der Waals surface area contributed by atoms with Crippen LogP contribution >= 0.6 is 22.7 Å². The van der Waals surface area contributed by atoms with Crippen LogP contribution in [0.2, 0.25) is 0 Å². The Bertz CT molecular complexity index is 3430. The van der Waals surface area contributed by atoms with Crippen LogP contribution in [0.4, 0.5) is 0 Å². The van der Waals surface area contributed by atoms with Gasteiger partial charge in [-0.2, -0.15) is 0 Å². The molecule has 262 valence electrons. The minimum absolute atomic E-state index is 0.403. The number of benzene rings is 9. The third-order valence-corrected chi connectivity index (χ3v) is 13.6. The first kappa shape index (κ1) is 31.7. The van der Waals surface area contributed by atoms with Crippen LogP contribution in [0.3, 0.4) is 0 Å². The molecule has 3 nitrogen and oxygen atoms in total. The van der Waals surface area contributed by atoms with Gasteiger partial charge in [0.2, 0.25) is 0 Å². The summed E-state index contributed by atoms with van der Waals surface area (Å²) in [6.45, 7) is 0. The lowest BCUT2D eigenvalue weighted by molar-refractivity contribution is 0.757. The van der Waals surface area contributed by atoms with Gasteiger partial charge in [-0.25, -0.2) is 9.98 Å². The number of nitrogens with one attached hydrogen (secondary N) is 1. The third kappa shape index (κ3) is 4.88. The van der Waals surface area contributed by atoms with Crippen LogP contribution < -0.4 is 5.32 Å². The van der Waals surface area contributed by atoms with E-state index in [2.05, 4.69) is 175 Å². The van der Waals surface area contributed by atoms with Gasteiger partial charge < -0.3 is 5.32 Å². The molecule has 1 aliphatic heterocycles. The number of thiophene rings is 2. The molecule has 0 amide bonds. The highest BCUT2D eigenvalue weighted by atomic mass is 32.1. The van der Waals surface area contributed by atoms with Gasteiger partial charge >= 0.3 is 0 Å². The Hall–Kier alpha value is -6.66. The van der Waals surface area contributed by atoms with Crippen molar-refractivity contribution in [2.45, 2.75) is 6.17 Å². The molecule has 1 unspecified atom stereocenters. The van der Waals surface area contributed by atoms with Gasteiger partial charge in [-0.05, 0) is 79.3 Å². The number of hydrogen-bond donors (Lipinski definition) is 1. The van der Waals surface area contributed by atoms with Crippen LogP contribution in [-0.2, 0) is 0 Å². The highest BCUT2D eigenvalue weighted by Gasteiger charge is 2.24. The van der Waals surface area contributed by atoms with E-state index < -0.39 is 6.17 Å². The summed E-state index contributed by atoms with van der Waals surface area (Å²) >= 11 is 3.67. The first-order valence-electron chi connectivity index (χ1n) is 18.9. The molecule has 11 aromatic rings. The molecule has 0 radical (unpaired) electrons. The van der Waals surface area contributed by atoms with E-state index in [4.69, 9.17) is 9.98 Å². The molecule has 0 bridgehead atoms. The van der Waals surface area contributed by atoms with Gasteiger partial charge in [-0.15, -0.1) is 22.7 Å². The van der Waals surface area contributed by atoms with Crippen LogP contribution in [0.25, 0.3) is 83.8 Å². The van der Waals surface area contributed by atoms with E-state index in [0.717, 1.165) is 28.4 Å². The molecule has 9 aromatic carbocycles. The van der Waals surface area contributed by atoms with Gasteiger partial charge in [0.25, 0.3) is 0 Å². The van der Waals surface area contributed by atoms with Crippen molar-refractivity contribution in [1.82, 2.24) is 5.32 Å². The number of nitrogens with zero attached hydrogens (tertiary/aromatic N) is 2. The molecule has 1 N–H and O–H groups in total. The molecule has 2 aromatic heterocycles. The second kappa shape index (κ2) is 12.4. The predicted octanol–water partition coefficient (Wildman–Crippen LogP) is 14.0. The molecule has 5 heteroatoms. The molecule has 0 saturated carbocycles. The molecule has 0 spiro atoms. The van der Waals surface area contributed by atoms with Crippen molar-refractivity contribution in [1.29, 1.82) is 0 Å². The highest BCUT2D eigenvalue weighted by Crippen LogP contribution is 2.44. The maximum absolute atomic E-state index is 5.36. The maximum atomic E-state index is 5.36. The zero-order valence-corrected chi connectivity index (χ0v) is 31.7. The fraction of sp³-hybridized carbons (Fsp3) is 0.0196. The van der Waals surface area contributed by atoms with Gasteiger partial charge in [0.15, 0.2) is 6.17 Å². The molecule has 0 aliphatic carbocycles. The number of hydrogen-bond acceptors (Lipinski definition) is 5. The fourth-order valence-electron chi connectivity index (χ4n) is 8.77. The largest absolute Gasteiger partial charge is 0.324 e. The highest BCUT2D eigenvalue weighted by molar-refractivity contribution is 7.26. The van der Waals surface area contributed by atoms with Crippen LogP contribution in [0.1, 0.15) is 22.9 Å². The van der Waals surface area contributed by atoms with Gasteiger partial charge in [-0.1, -0.05) is 146 Å². The fourth-order valence-corrected chi connectivity index (χ4v) is 11.1. The summed E-state index contributed by atoms with van der Waals surface area (Å²) in [5.41, 5.74) is 5.69.